The van der Waals surface area contributed by atoms with Gasteiger partial charge >= 0.3 is 0 Å². The topological polar surface area (TPSA) is 150 Å². The van der Waals surface area contributed by atoms with Gasteiger partial charge in [-0.25, -0.2) is 10.5 Å². The monoisotopic (exact) mass is 451 g/mol. The molecule has 4 rings (SSSR count). The number of carbonyl (C=O) groups is 3. The van der Waals surface area contributed by atoms with Crippen molar-refractivity contribution in [2.24, 2.45) is 5.10 Å². The molecule has 1 aromatic heterocycles. The van der Waals surface area contributed by atoms with E-state index < -0.39 is 11.8 Å². The van der Waals surface area contributed by atoms with Gasteiger partial charge in [-0.2, -0.15) is 10.1 Å². The van der Waals surface area contributed by atoms with E-state index in [0.29, 0.717) is 16.8 Å². The Hall–Kier alpha value is -4.19. The third-order valence-electron chi connectivity index (χ3n) is 4.29. The van der Waals surface area contributed by atoms with Gasteiger partial charge in [0.1, 0.15) is 5.75 Å². The minimum absolute atomic E-state index is 0.0482. The number of carbonyl (C=O) groups excluding carboxylic acids is 3. The number of ether oxygens (including phenoxy) is 1. The summed E-state index contributed by atoms with van der Waals surface area (Å²) in [7, 11) is 1.59. The van der Waals surface area contributed by atoms with Crippen molar-refractivity contribution in [3.05, 3.63) is 59.2 Å². The van der Waals surface area contributed by atoms with E-state index in [1.807, 2.05) is 24.3 Å². The van der Waals surface area contributed by atoms with Crippen molar-refractivity contribution in [1.29, 1.82) is 0 Å². The zero-order valence-corrected chi connectivity index (χ0v) is 17.5. The van der Waals surface area contributed by atoms with E-state index in [9.17, 15) is 14.4 Å². The van der Waals surface area contributed by atoms with Crippen LogP contribution in [0.2, 0.25) is 0 Å². The number of aromatic amines is 1. The Labute approximate surface area is 186 Å². The third-order valence-corrected chi connectivity index (χ3v) is 5.14. The van der Waals surface area contributed by atoms with E-state index in [0.717, 1.165) is 23.1 Å². The van der Waals surface area contributed by atoms with Crippen molar-refractivity contribution in [3.63, 3.8) is 0 Å². The summed E-state index contributed by atoms with van der Waals surface area (Å²) in [5, 5.41) is 16.0. The molecule has 0 radical (unpaired) electrons. The number of H-pyrrole nitrogens is 1. The molecule has 0 spiro atoms. The van der Waals surface area contributed by atoms with Crippen molar-refractivity contribution in [2.75, 3.05) is 23.6 Å². The second-order valence-electron chi connectivity index (χ2n) is 6.49. The number of nitrogens with one attached hydrogen (secondary N) is 4. The molecular formula is C20H17N7O4S. The number of hydrogen-bond donors (Lipinski definition) is 4. The van der Waals surface area contributed by atoms with Gasteiger partial charge < -0.3 is 10.1 Å². The minimum atomic E-state index is -0.481. The first kappa shape index (κ1) is 21.1. The van der Waals surface area contributed by atoms with Gasteiger partial charge in [0.15, 0.2) is 0 Å². The van der Waals surface area contributed by atoms with E-state index in [4.69, 9.17) is 4.74 Å². The van der Waals surface area contributed by atoms with E-state index in [1.54, 1.807) is 19.4 Å². The molecule has 0 aliphatic carbocycles. The summed E-state index contributed by atoms with van der Waals surface area (Å²) in [5.74, 6) is -0.142. The molecule has 0 fully saturated rings. The van der Waals surface area contributed by atoms with Crippen LogP contribution in [0.5, 0.6) is 5.75 Å². The van der Waals surface area contributed by atoms with Crippen LogP contribution in [-0.2, 0) is 4.79 Å². The molecular weight excluding hydrogens is 434 g/mol. The van der Waals surface area contributed by atoms with Gasteiger partial charge in [-0.3, -0.25) is 19.7 Å². The lowest BCUT2D eigenvalue weighted by Crippen LogP contribution is -2.19. The normalized spacial score (nSPS) is 12.5. The first-order valence-corrected chi connectivity index (χ1v) is 10.3. The molecule has 3 aromatic rings. The smallest absolute Gasteiger partial charge is 0.259 e. The van der Waals surface area contributed by atoms with Gasteiger partial charge in [-0.15, -0.1) is 5.10 Å². The number of imide groups is 1. The lowest BCUT2D eigenvalue weighted by molar-refractivity contribution is -0.113. The highest BCUT2D eigenvalue weighted by molar-refractivity contribution is 7.99. The molecule has 1 aliphatic heterocycles. The first-order valence-electron chi connectivity index (χ1n) is 9.30. The summed E-state index contributed by atoms with van der Waals surface area (Å²) in [4.78, 5) is 39.7. The molecule has 0 atom stereocenters. The molecule has 2 aromatic carbocycles. The van der Waals surface area contributed by atoms with Crippen LogP contribution in [-0.4, -0.2) is 52.0 Å². The Morgan fingerprint density at radius 3 is 2.88 bits per heavy atom. The van der Waals surface area contributed by atoms with Gasteiger partial charge in [0.05, 0.1) is 30.2 Å². The standard InChI is InChI=1S/C20H17N7O4S/c1-31-13-4-2-3-11(7-13)9-21-25-19-24-20(27-26-19)32-10-16(28)22-12-5-6-14-15(8-12)18(30)23-17(14)29/h2-9H,10H2,1H3,(H,22,28)(H,23,29,30)(H2,24,25,26,27)/b21-9+. The fourth-order valence-corrected chi connectivity index (χ4v) is 3.42. The van der Waals surface area contributed by atoms with E-state index in [-0.39, 0.29) is 22.8 Å². The Kier molecular flexibility index (Phi) is 6.12. The van der Waals surface area contributed by atoms with Crippen LogP contribution in [0, 0.1) is 0 Å². The quantitative estimate of drug-likeness (QED) is 0.175. The Morgan fingerprint density at radius 2 is 2.03 bits per heavy atom. The third kappa shape index (κ3) is 4.92. The number of rotatable bonds is 8. The van der Waals surface area contributed by atoms with Crippen molar-refractivity contribution < 1.29 is 19.1 Å². The van der Waals surface area contributed by atoms with Crippen LogP contribution in [0.4, 0.5) is 11.6 Å². The van der Waals surface area contributed by atoms with E-state index in [1.165, 1.54) is 12.1 Å². The van der Waals surface area contributed by atoms with Crippen LogP contribution in [0.15, 0.2) is 52.7 Å². The predicted octanol–water partition coefficient (Wildman–Crippen LogP) is 1.87. The number of benzene rings is 2. The van der Waals surface area contributed by atoms with Crippen molar-refractivity contribution in [3.8, 4) is 5.75 Å². The van der Waals surface area contributed by atoms with Gasteiger partial charge in [0.25, 0.3) is 11.8 Å². The molecule has 162 valence electrons. The molecule has 2 heterocycles. The fourth-order valence-electron chi connectivity index (χ4n) is 2.82. The molecule has 12 heteroatoms. The van der Waals surface area contributed by atoms with Crippen LogP contribution < -0.4 is 20.8 Å². The zero-order valence-electron chi connectivity index (χ0n) is 16.7. The zero-order chi connectivity index (χ0) is 22.5. The van der Waals surface area contributed by atoms with E-state index in [2.05, 4.69) is 36.3 Å². The van der Waals surface area contributed by atoms with Crippen molar-refractivity contribution >= 4 is 47.3 Å². The maximum Gasteiger partial charge on any atom is 0.259 e. The average Bonchev–Trinajstić information content (AvgIpc) is 3.36. The second-order valence-corrected chi connectivity index (χ2v) is 7.44. The van der Waals surface area contributed by atoms with Gasteiger partial charge in [-0.1, -0.05) is 23.9 Å². The SMILES string of the molecule is COc1cccc(/C=N/Nc2nc(SCC(=O)Nc3ccc4c(c3)C(=O)NC4=O)n[nH]2)c1. The number of hydrogen-bond acceptors (Lipinski definition) is 9. The van der Waals surface area contributed by atoms with Crippen molar-refractivity contribution in [1.82, 2.24) is 20.5 Å². The number of nitrogens with zero attached hydrogens (tertiary/aromatic N) is 3. The Balaban J connectivity index is 1.27. The highest BCUT2D eigenvalue weighted by atomic mass is 32.2. The molecule has 0 saturated carbocycles. The maximum atomic E-state index is 12.2. The van der Waals surface area contributed by atoms with Crippen LogP contribution in [0.25, 0.3) is 0 Å². The van der Waals surface area contributed by atoms with Gasteiger partial charge in [0, 0.05) is 5.69 Å². The summed E-state index contributed by atoms with van der Waals surface area (Å²) in [5.41, 5.74) is 4.52. The molecule has 3 amide bonds. The summed E-state index contributed by atoms with van der Waals surface area (Å²) in [6.45, 7) is 0. The number of fused-ring (bicyclic) bond motifs is 1. The Bertz CT molecular complexity index is 1220. The lowest BCUT2D eigenvalue weighted by atomic mass is 10.1. The molecule has 32 heavy (non-hydrogen) atoms. The van der Waals surface area contributed by atoms with Crippen LogP contribution in [0.3, 0.4) is 0 Å². The van der Waals surface area contributed by atoms with Crippen molar-refractivity contribution in [2.45, 2.75) is 5.16 Å². The molecule has 1 aliphatic rings. The fraction of sp³-hybridized carbons (Fsp3) is 0.100. The minimum Gasteiger partial charge on any atom is -0.497 e. The predicted molar refractivity (Wildman–Crippen MR) is 118 cm³/mol. The summed E-state index contributed by atoms with van der Waals surface area (Å²) >= 11 is 1.12. The maximum absolute atomic E-state index is 12.2. The molecule has 0 bridgehead atoms. The van der Waals surface area contributed by atoms with E-state index >= 15 is 0 Å². The number of hydrazone groups is 1. The lowest BCUT2D eigenvalue weighted by Gasteiger charge is -2.05. The number of amides is 3. The highest BCUT2D eigenvalue weighted by Gasteiger charge is 2.26. The Morgan fingerprint density at radius 1 is 1.19 bits per heavy atom. The molecule has 4 N–H and O–H groups in total. The summed E-state index contributed by atoms with van der Waals surface area (Å²) in [6.07, 6.45) is 1.61. The second kappa shape index (κ2) is 9.31. The summed E-state index contributed by atoms with van der Waals surface area (Å²) < 4.78 is 5.16. The van der Waals surface area contributed by atoms with Crippen LogP contribution in [0.1, 0.15) is 26.3 Å². The van der Waals surface area contributed by atoms with Gasteiger partial charge in [-0.05, 0) is 35.9 Å². The molecule has 0 saturated heterocycles. The largest absolute Gasteiger partial charge is 0.497 e. The number of anilines is 2. The molecule has 0 unspecified atom stereocenters. The number of aromatic nitrogens is 3. The van der Waals surface area contributed by atoms with Crippen LogP contribution >= 0.6 is 11.8 Å². The van der Waals surface area contributed by atoms with Gasteiger partial charge in [0.2, 0.25) is 17.0 Å². The molecule has 11 nitrogen and oxygen atoms in total. The number of methoxy groups -OCH3 is 1. The highest BCUT2D eigenvalue weighted by Crippen LogP contribution is 2.21. The number of thioether (sulfide) groups is 1. The first-order chi connectivity index (χ1) is 15.5. The average molecular weight is 451 g/mol. The summed E-state index contributed by atoms with van der Waals surface area (Å²) in [6, 6.07) is 11.9.